The van der Waals surface area contributed by atoms with Gasteiger partial charge in [0, 0.05) is 5.56 Å². The van der Waals surface area contributed by atoms with Crippen LogP contribution in [0, 0.1) is 20.8 Å². The van der Waals surface area contributed by atoms with Gasteiger partial charge in [0.05, 0.1) is 28.9 Å². The number of hydrogen-bond acceptors (Lipinski definition) is 7. The lowest BCUT2D eigenvalue weighted by atomic mass is 10.1. The minimum absolute atomic E-state index is 0.267. The van der Waals surface area contributed by atoms with Crippen LogP contribution in [0.1, 0.15) is 34.5 Å². The number of hydrogen-bond donors (Lipinski definition) is 0. The van der Waals surface area contributed by atoms with E-state index in [2.05, 4.69) is 10.1 Å². The Morgan fingerprint density at radius 2 is 1.86 bits per heavy atom. The molecular formula is C22H20N2O5. The van der Waals surface area contributed by atoms with Crippen molar-refractivity contribution < 1.29 is 23.2 Å². The summed E-state index contributed by atoms with van der Waals surface area (Å²) in [4.78, 5) is 17.6. The second kappa shape index (κ2) is 7.43. The van der Waals surface area contributed by atoms with Crippen LogP contribution in [0.15, 0.2) is 45.3 Å². The Kier molecular flexibility index (Phi) is 4.80. The van der Waals surface area contributed by atoms with Gasteiger partial charge in [-0.2, -0.15) is 0 Å². The maximum atomic E-state index is 13.1. The van der Waals surface area contributed by atoms with Gasteiger partial charge in [-0.25, -0.2) is 9.78 Å². The van der Waals surface area contributed by atoms with Gasteiger partial charge < -0.3 is 18.4 Å². The first-order chi connectivity index (χ1) is 14.0. The van der Waals surface area contributed by atoms with Crippen LogP contribution in [0.25, 0.3) is 22.4 Å². The summed E-state index contributed by atoms with van der Waals surface area (Å²) in [6.45, 7) is 7.78. The predicted molar refractivity (Wildman–Crippen MR) is 106 cm³/mol. The van der Waals surface area contributed by atoms with Gasteiger partial charge in [0.1, 0.15) is 11.5 Å². The topological polar surface area (TPSA) is 87.6 Å². The fraction of sp³-hybridized carbons (Fsp3) is 0.227. The molecule has 0 fully saturated rings. The largest absolute Gasteiger partial charge is 0.490 e. The number of benzene rings is 1. The second-order valence-corrected chi connectivity index (χ2v) is 6.60. The lowest BCUT2D eigenvalue weighted by Gasteiger charge is -2.11. The molecular weight excluding hydrogens is 372 g/mol. The van der Waals surface area contributed by atoms with Gasteiger partial charge in [0.25, 0.3) is 5.71 Å². The molecule has 4 aromatic rings. The van der Waals surface area contributed by atoms with Gasteiger partial charge in [-0.1, -0.05) is 17.3 Å². The number of rotatable bonds is 5. The van der Waals surface area contributed by atoms with Crippen LogP contribution in [-0.2, 0) is 0 Å². The van der Waals surface area contributed by atoms with Crippen LogP contribution < -0.4 is 9.47 Å². The number of carbonyl (C=O) groups excluding carboxylic acids is 1. The molecule has 0 radical (unpaired) electrons. The Morgan fingerprint density at radius 3 is 2.55 bits per heavy atom. The first-order valence-electron chi connectivity index (χ1n) is 9.26. The Morgan fingerprint density at radius 1 is 1.10 bits per heavy atom. The molecule has 7 nitrogen and oxygen atoms in total. The molecule has 0 N–H and O–H groups in total. The van der Waals surface area contributed by atoms with Crippen LogP contribution in [0.5, 0.6) is 11.5 Å². The summed E-state index contributed by atoms with van der Waals surface area (Å²) >= 11 is 0. The van der Waals surface area contributed by atoms with E-state index in [0.717, 1.165) is 11.3 Å². The molecule has 1 aromatic carbocycles. The summed E-state index contributed by atoms with van der Waals surface area (Å²) < 4.78 is 22.1. The number of aryl methyl sites for hydroxylation is 3. The molecule has 4 rings (SSSR count). The number of pyridine rings is 1. The van der Waals surface area contributed by atoms with E-state index >= 15 is 0 Å². The first-order valence-corrected chi connectivity index (χ1v) is 9.26. The van der Waals surface area contributed by atoms with E-state index in [4.69, 9.17) is 18.4 Å². The number of ether oxygens (including phenoxy) is 2. The van der Waals surface area contributed by atoms with Crippen LogP contribution in [-0.4, -0.2) is 22.7 Å². The van der Waals surface area contributed by atoms with Crippen molar-refractivity contribution in [3.8, 4) is 22.8 Å². The standard InChI is InChI=1S/C22H20N2O5/c1-5-26-18-8-6-7-9-19(18)28-22(25)16-11-17(15-10-12(2)27-14(15)4)23-21-20(16)13(3)24-29-21/h6-11H,5H2,1-4H3. The maximum absolute atomic E-state index is 13.1. The van der Waals surface area contributed by atoms with Gasteiger partial charge in [-0.15, -0.1) is 0 Å². The number of para-hydroxylation sites is 2. The molecule has 0 atom stereocenters. The SMILES string of the molecule is CCOc1ccccc1OC(=O)c1cc(-c2cc(C)oc2C)nc2onc(C)c12. The summed E-state index contributed by atoms with van der Waals surface area (Å²) in [6.07, 6.45) is 0. The van der Waals surface area contributed by atoms with Gasteiger partial charge >= 0.3 is 5.97 Å². The lowest BCUT2D eigenvalue weighted by Crippen LogP contribution is -2.11. The Balaban J connectivity index is 1.81. The van der Waals surface area contributed by atoms with E-state index in [1.165, 1.54) is 0 Å². The average Bonchev–Trinajstić information content (AvgIpc) is 3.24. The third-order valence-electron chi connectivity index (χ3n) is 4.51. The summed E-state index contributed by atoms with van der Waals surface area (Å²) in [6, 6.07) is 10.6. The number of furan rings is 1. The minimum atomic E-state index is -0.546. The van der Waals surface area contributed by atoms with E-state index in [1.807, 2.05) is 32.9 Å². The summed E-state index contributed by atoms with van der Waals surface area (Å²) in [7, 11) is 0. The second-order valence-electron chi connectivity index (χ2n) is 6.60. The molecule has 148 valence electrons. The third-order valence-corrected chi connectivity index (χ3v) is 4.51. The minimum Gasteiger partial charge on any atom is -0.490 e. The van der Waals surface area contributed by atoms with E-state index in [-0.39, 0.29) is 5.71 Å². The number of nitrogens with zero attached hydrogens (tertiary/aromatic N) is 2. The van der Waals surface area contributed by atoms with E-state index < -0.39 is 5.97 Å². The Bertz CT molecular complexity index is 1210. The zero-order chi connectivity index (χ0) is 20.5. The van der Waals surface area contributed by atoms with Crippen molar-refractivity contribution in [3.63, 3.8) is 0 Å². The highest BCUT2D eigenvalue weighted by atomic mass is 16.6. The highest BCUT2D eigenvalue weighted by Gasteiger charge is 2.23. The molecule has 0 unspecified atom stereocenters. The van der Waals surface area contributed by atoms with Crippen molar-refractivity contribution in [1.29, 1.82) is 0 Å². The number of fused-ring (bicyclic) bond motifs is 1. The molecule has 0 bridgehead atoms. The normalized spacial score (nSPS) is 11.0. The van der Waals surface area contributed by atoms with Crippen molar-refractivity contribution >= 4 is 17.1 Å². The Labute approximate surface area is 167 Å². The lowest BCUT2D eigenvalue weighted by molar-refractivity contribution is 0.0730. The highest BCUT2D eigenvalue weighted by Crippen LogP contribution is 2.32. The van der Waals surface area contributed by atoms with E-state index in [1.54, 1.807) is 31.2 Å². The van der Waals surface area contributed by atoms with Crippen molar-refractivity contribution in [2.75, 3.05) is 6.61 Å². The van der Waals surface area contributed by atoms with Crippen molar-refractivity contribution in [1.82, 2.24) is 10.1 Å². The third kappa shape index (κ3) is 3.47. The van der Waals surface area contributed by atoms with Crippen molar-refractivity contribution in [2.24, 2.45) is 0 Å². The highest BCUT2D eigenvalue weighted by molar-refractivity contribution is 6.05. The monoisotopic (exact) mass is 392 g/mol. The zero-order valence-corrected chi connectivity index (χ0v) is 16.6. The molecule has 3 aromatic heterocycles. The van der Waals surface area contributed by atoms with Gasteiger partial charge in [-0.05, 0) is 52.0 Å². The summed E-state index contributed by atoms with van der Waals surface area (Å²) in [5.41, 5.74) is 2.47. The molecule has 0 saturated carbocycles. The number of carbonyl (C=O) groups is 1. The first kappa shape index (κ1) is 18.7. The molecule has 0 spiro atoms. The molecule has 3 heterocycles. The van der Waals surface area contributed by atoms with Crippen LogP contribution >= 0.6 is 0 Å². The zero-order valence-electron chi connectivity index (χ0n) is 16.6. The molecule has 0 aliphatic rings. The average molecular weight is 392 g/mol. The molecule has 0 aliphatic heterocycles. The van der Waals surface area contributed by atoms with E-state index in [9.17, 15) is 4.79 Å². The molecule has 7 heteroatoms. The summed E-state index contributed by atoms with van der Waals surface area (Å²) in [5, 5.41) is 4.48. The summed E-state index contributed by atoms with van der Waals surface area (Å²) in [5.74, 6) is 1.75. The molecule has 29 heavy (non-hydrogen) atoms. The van der Waals surface area contributed by atoms with Gasteiger partial charge in [0.15, 0.2) is 11.5 Å². The van der Waals surface area contributed by atoms with Crippen LogP contribution in [0.2, 0.25) is 0 Å². The van der Waals surface area contributed by atoms with E-state index in [0.29, 0.717) is 46.2 Å². The molecule has 0 aliphatic carbocycles. The number of aromatic nitrogens is 2. The Hall–Kier alpha value is -3.61. The molecule has 0 amide bonds. The van der Waals surface area contributed by atoms with Crippen molar-refractivity contribution in [3.05, 3.63) is 59.2 Å². The fourth-order valence-corrected chi connectivity index (χ4v) is 3.24. The molecule has 0 saturated heterocycles. The quantitative estimate of drug-likeness (QED) is 0.348. The fourth-order valence-electron chi connectivity index (χ4n) is 3.24. The number of esters is 1. The van der Waals surface area contributed by atoms with Crippen LogP contribution in [0.3, 0.4) is 0 Å². The van der Waals surface area contributed by atoms with Crippen molar-refractivity contribution in [2.45, 2.75) is 27.7 Å². The predicted octanol–water partition coefficient (Wildman–Crippen LogP) is 5.03. The van der Waals surface area contributed by atoms with Gasteiger partial charge in [0.2, 0.25) is 0 Å². The van der Waals surface area contributed by atoms with Crippen LogP contribution in [0.4, 0.5) is 0 Å². The van der Waals surface area contributed by atoms with Gasteiger partial charge in [-0.3, -0.25) is 0 Å². The maximum Gasteiger partial charge on any atom is 0.344 e. The smallest absolute Gasteiger partial charge is 0.344 e.